The number of halogens is 3. The van der Waals surface area contributed by atoms with Crippen LogP contribution in [0.3, 0.4) is 0 Å². The van der Waals surface area contributed by atoms with Gasteiger partial charge in [-0.05, 0) is 18.2 Å². The first kappa shape index (κ1) is 15.5. The molecule has 0 amide bonds. The van der Waals surface area contributed by atoms with Crippen LogP contribution < -0.4 is 5.56 Å². The second kappa shape index (κ2) is 4.99. The van der Waals surface area contributed by atoms with Crippen LogP contribution in [0.2, 0.25) is 0 Å². The molecule has 0 aliphatic rings. The molecule has 126 valence electrons. The van der Waals surface area contributed by atoms with Gasteiger partial charge in [-0.3, -0.25) is 19.3 Å². The van der Waals surface area contributed by atoms with E-state index < -0.39 is 27.9 Å². The van der Waals surface area contributed by atoms with Crippen LogP contribution in [0, 0.1) is 10.1 Å². The van der Waals surface area contributed by atoms with Gasteiger partial charge in [0.2, 0.25) is 0 Å². The topological polar surface area (TPSA) is 77.5 Å². The first-order chi connectivity index (χ1) is 11.8. The number of alkyl halides is 3. The molecule has 25 heavy (non-hydrogen) atoms. The summed E-state index contributed by atoms with van der Waals surface area (Å²) in [5.74, 6) is 0. The first-order valence-corrected chi connectivity index (χ1v) is 7.68. The van der Waals surface area contributed by atoms with Crippen molar-refractivity contribution in [3.05, 3.63) is 62.4 Å². The van der Waals surface area contributed by atoms with Crippen molar-refractivity contribution < 1.29 is 18.1 Å². The number of hydrogen-bond donors (Lipinski definition) is 0. The lowest BCUT2D eigenvalue weighted by molar-refractivity contribution is -0.383. The molecule has 0 bridgehead atoms. The van der Waals surface area contributed by atoms with E-state index in [-0.39, 0.29) is 20.6 Å². The van der Waals surface area contributed by atoms with E-state index in [9.17, 15) is 28.1 Å². The molecule has 0 saturated heterocycles. The van der Waals surface area contributed by atoms with Crippen molar-refractivity contribution in [2.75, 3.05) is 0 Å². The van der Waals surface area contributed by atoms with E-state index in [1.807, 2.05) is 0 Å². The minimum Gasteiger partial charge on any atom is -0.268 e. The number of thiazole rings is 1. The summed E-state index contributed by atoms with van der Waals surface area (Å²) < 4.78 is 40.3. The number of fused-ring (bicyclic) bond motifs is 4. The number of para-hydroxylation sites is 1. The molecule has 0 atom stereocenters. The van der Waals surface area contributed by atoms with Crippen LogP contribution in [0.25, 0.3) is 26.1 Å². The molecular formula is C15H6F3N3O3S. The Kier molecular flexibility index (Phi) is 3.10. The highest BCUT2D eigenvalue weighted by Gasteiger charge is 2.34. The minimum atomic E-state index is -4.78. The Hall–Kier alpha value is -3.01. The highest BCUT2D eigenvalue weighted by atomic mass is 32.1. The lowest BCUT2D eigenvalue weighted by atomic mass is 10.1. The normalized spacial score (nSPS) is 12.3. The highest BCUT2D eigenvalue weighted by Crippen LogP contribution is 2.39. The second-order valence-electron chi connectivity index (χ2n) is 5.25. The number of non-ortho nitro benzene ring substituents is 1. The second-order valence-corrected chi connectivity index (χ2v) is 6.23. The Labute approximate surface area is 139 Å². The maximum atomic E-state index is 13.1. The van der Waals surface area contributed by atoms with E-state index in [4.69, 9.17) is 0 Å². The maximum Gasteiger partial charge on any atom is 0.416 e. The van der Waals surface area contributed by atoms with E-state index in [1.165, 1.54) is 6.07 Å². The molecule has 2 aromatic heterocycles. The molecule has 4 rings (SSSR count). The summed E-state index contributed by atoms with van der Waals surface area (Å²) in [5.41, 5.74) is -2.27. The molecule has 0 N–H and O–H groups in total. The van der Waals surface area contributed by atoms with Crippen LogP contribution in [0.4, 0.5) is 18.9 Å². The molecule has 0 fully saturated rings. The Balaban J connectivity index is 2.26. The van der Waals surface area contributed by atoms with Gasteiger partial charge in [0.15, 0.2) is 4.96 Å². The summed E-state index contributed by atoms with van der Waals surface area (Å²) in [4.78, 5) is 27.4. The van der Waals surface area contributed by atoms with Gasteiger partial charge in [0.1, 0.15) is 4.70 Å². The van der Waals surface area contributed by atoms with Crippen molar-refractivity contribution >= 4 is 43.1 Å². The Bertz CT molecular complexity index is 1240. The Morgan fingerprint density at radius 2 is 1.92 bits per heavy atom. The fourth-order valence-corrected chi connectivity index (χ4v) is 3.74. The summed E-state index contributed by atoms with van der Waals surface area (Å²) in [6.45, 7) is 0. The van der Waals surface area contributed by atoms with Gasteiger partial charge in [-0.2, -0.15) is 13.2 Å². The van der Waals surface area contributed by atoms with Crippen molar-refractivity contribution in [3.8, 4) is 0 Å². The third-order valence-electron chi connectivity index (χ3n) is 3.75. The predicted molar refractivity (Wildman–Crippen MR) is 86.0 cm³/mol. The largest absolute Gasteiger partial charge is 0.416 e. The molecule has 10 heteroatoms. The van der Waals surface area contributed by atoms with Gasteiger partial charge in [-0.15, -0.1) is 0 Å². The first-order valence-electron chi connectivity index (χ1n) is 6.87. The number of nitro groups is 1. The SMILES string of the molecule is O=c1c2ccccc2nc2sc3c([N+](=O)[O-])cc(C(F)(F)F)cc3n12. The predicted octanol–water partition coefficient (Wildman–Crippen LogP) is 3.99. The van der Waals surface area contributed by atoms with Crippen LogP contribution in [-0.4, -0.2) is 14.3 Å². The summed E-state index contributed by atoms with van der Waals surface area (Å²) in [5, 5.41) is 11.4. The van der Waals surface area contributed by atoms with E-state index in [1.54, 1.807) is 18.2 Å². The van der Waals surface area contributed by atoms with Crippen molar-refractivity contribution in [2.45, 2.75) is 6.18 Å². The van der Waals surface area contributed by atoms with Crippen LogP contribution in [0.15, 0.2) is 41.2 Å². The number of nitrogens with zero attached hydrogens (tertiary/aromatic N) is 3. The minimum absolute atomic E-state index is 0.0297. The molecule has 0 aliphatic carbocycles. The summed E-state index contributed by atoms with van der Waals surface area (Å²) in [6.07, 6.45) is -4.78. The Morgan fingerprint density at radius 1 is 1.20 bits per heavy atom. The van der Waals surface area contributed by atoms with Crippen molar-refractivity contribution in [1.82, 2.24) is 9.38 Å². The molecule has 2 aromatic carbocycles. The summed E-state index contributed by atoms with van der Waals surface area (Å²) in [6, 6.07) is 7.59. The zero-order chi connectivity index (χ0) is 17.9. The summed E-state index contributed by atoms with van der Waals surface area (Å²) >= 11 is 0.808. The highest BCUT2D eigenvalue weighted by molar-refractivity contribution is 7.24. The number of hydrogen-bond acceptors (Lipinski definition) is 5. The van der Waals surface area contributed by atoms with Gasteiger partial charge < -0.3 is 0 Å². The van der Waals surface area contributed by atoms with Crippen molar-refractivity contribution in [1.29, 1.82) is 0 Å². The van der Waals surface area contributed by atoms with Gasteiger partial charge in [0.05, 0.1) is 26.9 Å². The monoisotopic (exact) mass is 365 g/mol. The fourth-order valence-electron chi connectivity index (χ4n) is 2.65. The zero-order valence-electron chi connectivity index (χ0n) is 12.1. The van der Waals surface area contributed by atoms with E-state index in [0.29, 0.717) is 11.6 Å². The van der Waals surface area contributed by atoms with Crippen molar-refractivity contribution in [3.63, 3.8) is 0 Å². The standard InChI is InChI=1S/C15H6F3N3O3S/c16-15(17,18)7-5-10-12(11(6-7)21(23)24)25-14-19-9-4-2-1-3-8(9)13(22)20(10)14/h1-6H. The third kappa shape index (κ3) is 2.25. The zero-order valence-corrected chi connectivity index (χ0v) is 12.9. The van der Waals surface area contributed by atoms with Gasteiger partial charge in [-0.25, -0.2) is 4.98 Å². The smallest absolute Gasteiger partial charge is 0.268 e. The van der Waals surface area contributed by atoms with Gasteiger partial charge in [0.25, 0.3) is 11.2 Å². The molecule has 0 unspecified atom stereocenters. The molecule has 0 radical (unpaired) electrons. The Morgan fingerprint density at radius 3 is 2.60 bits per heavy atom. The number of benzene rings is 2. The molecule has 0 spiro atoms. The van der Waals surface area contributed by atoms with Crippen LogP contribution in [0.1, 0.15) is 5.56 Å². The summed E-state index contributed by atoms with van der Waals surface area (Å²) in [7, 11) is 0. The average molecular weight is 365 g/mol. The lowest BCUT2D eigenvalue weighted by Gasteiger charge is -2.07. The van der Waals surface area contributed by atoms with Crippen LogP contribution >= 0.6 is 11.3 Å². The van der Waals surface area contributed by atoms with Gasteiger partial charge in [-0.1, -0.05) is 23.5 Å². The quantitative estimate of drug-likeness (QED) is 0.377. The number of rotatable bonds is 1. The number of nitro benzene ring substituents is 1. The van der Waals surface area contributed by atoms with E-state index in [2.05, 4.69) is 4.98 Å². The average Bonchev–Trinajstić information content (AvgIpc) is 2.91. The van der Waals surface area contributed by atoms with Crippen LogP contribution in [-0.2, 0) is 6.18 Å². The van der Waals surface area contributed by atoms with E-state index in [0.717, 1.165) is 21.8 Å². The van der Waals surface area contributed by atoms with Gasteiger partial charge >= 0.3 is 6.18 Å². The third-order valence-corrected chi connectivity index (χ3v) is 4.83. The molecular weight excluding hydrogens is 359 g/mol. The molecule has 2 heterocycles. The molecule has 0 saturated carbocycles. The lowest BCUT2D eigenvalue weighted by Crippen LogP contribution is -2.14. The number of aromatic nitrogens is 2. The molecule has 4 aromatic rings. The van der Waals surface area contributed by atoms with Crippen LogP contribution in [0.5, 0.6) is 0 Å². The maximum absolute atomic E-state index is 13.1. The van der Waals surface area contributed by atoms with Gasteiger partial charge in [0, 0.05) is 6.07 Å². The van der Waals surface area contributed by atoms with Crippen molar-refractivity contribution in [2.24, 2.45) is 0 Å². The molecule has 0 aliphatic heterocycles. The fraction of sp³-hybridized carbons (Fsp3) is 0.0667. The molecule has 6 nitrogen and oxygen atoms in total. The van der Waals surface area contributed by atoms with E-state index >= 15 is 0 Å².